The van der Waals surface area contributed by atoms with Gasteiger partial charge in [0.15, 0.2) is 0 Å². The van der Waals surface area contributed by atoms with Crippen molar-refractivity contribution < 1.29 is 14.6 Å². The molecule has 2 heterocycles. The molecule has 3 atom stereocenters. The number of nitrogens with one attached hydrogen (secondary N) is 2. The van der Waals surface area contributed by atoms with Crippen LogP contribution in [0, 0.1) is 0 Å². The number of hydrogen-bond donors (Lipinski definition) is 3. The Hall–Kier alpha value is -1.63. The number of ether oxygens (including phenoxy) is 1. The maximum Gasteiger partial charge on any atom is 0.237 e. The summed E-state index contributed by atoms with van der Waals surface area (Å²) in [7, 11) is 1.69. The zero-order chi connectivity index (χ0) is 17.6. The lowest BCUT2D eigenvalue weighted by Gasteiger charge is -2.35. The van der Waals surface area contributed by atoms with E-state index in [4.69, 9.17) is 4.74 Å². The Labute approximate surface area is 149 Å². The molecule has 0 aromatic heterocycles. The van der Waals surface area contributed by atoms with E-state index in [0.717, 1.165) is 24.4 Å². The molecular formula is C19H29N3O3. The second-order valence-corrected chi connectivity index (χ2v) is 6.95. The van der Waals surface area contributed by atoms with Crippen molar-refractivity contribution in [1.82, 2.24) is 15.5 Å². The van der Waals surface area contributed by atoms with E-state index < -0.39 is 6.10 Å². The van der Waals surface area contributed by atoms with Gasteiger partial charge in [0.25, 0.3) is 0 Å². The third-order valence-corrected chi connectivity index (χ3v) is 5.22. The van der Waals surface area contributed by atoms with Crippen molar-refractivity contribution in [2.45, 2.75) is 43.9 Å². The fourth-order valence-corrected chi connectivity index (χ4v) is 3.84. The van der Waals surface area contributed by atoms with Gasteiger partial charge in [-0.05, 0) is 38.4 Å². The van der Waals surface area contributed by atoms with Gasteiger partial charge in [0, 0.05) is 18.7 Å². The van der Waals surface area contributed by atoms with Crippen molar-refractivity contribution in [1.29, 1.82) is 0 Å². The lowest BCUT2D eigenvalue weighted by Crippen LogP contribution is -2.45. The summed E-state index contributed by atoms with van der Waals surface area (Å²) in [5.41, 5.74) is 1.12. The molecule has 0 unspecified atom stereocenters. The van der Waals surface area contributed by atoms with E-state index in [1.807, 2.05) is 18.2 Å². The van der Waals surface area contributed by atoms with Gasteiger partial charge in [-0.1, -0.05) is 24.6 Å². The molecule has 2 fully saturated rings. The van der Waals surface area contributed by atoms with Gasteiger partial charge >= 0.3 is 0 Å². The van der Waals surface area contributed by atoms with E-state index in [2.05, 4.69) is 21.6 Å². The first-order valence-corrected chi connectivity index (χ1v) is 9.25. The first-order valence-electron chi connectivity index (χ1n) is 9.25. The number of amides is 1. The van der Waals surface area contributed by atoms with Crippen molar-refractivity contribution >= 4 is 5.91 Å². The number of nitrogens with zero attached hydrogens (tertiary/aromatic N) is 1. The quantitative estimate of drug-likeness (QED) is 0.718. The Bertz CT molecular complexity index is 575. The number of methoxy groups -OCH3 is 1. The van der Waals surface area contributed by atoms with Crippen molar-refractivity contribution in [2.75, 3.05) is 33.3 Å². The van der Waals surface area contributed by atoms with Crippen molar-refractivity contribution in [3.8, 4) is 5.75 Å². The smallest absolute Gasteiger partial charge is 0.237 e. The fraction of sp³-hybridized carbons (Fsp3) is 0.632. The number of carbonyl (C=O) groups is 1. The Morgan fingerprint density at radius 2 is 2.12 bits per heavy atom. The van der Waals surface area contributed by atoms with Crippen LogP contribution in [0.3, 0.4) is 0 Å². The predicted molar refractivity (Wildman–Crippen MR) is 96.6 cm³/mol. The summed E-state index contributed by atoms with van der Waals surface area (Å²) >= 11 is 0. The molecule has 1 aromatic rings. The largest absolute Gasteiger partial charge is 0.496 e. The monoisotopic (exact) mass is 347 g/mol. The van der Waals surface area contributed by atoms with E-state index in [1.165, 1.54) is 19.3 Å². The summed E-state index contributed by atoms with van der Waals surface area (Å²) in [6, 6.07) is 7.86. The number of β-amino-alcohol motifs (C(OH)–C–C–N with tert-alkyl or cyclic N) is 1. The third kappa shape index (κ3) is 4.51. The van der Waals surface area contributed by atoms with Crippen LogP contribution in [0.15, 0.2) is 24.3 Å². The minimum Gasteiger partial charge on any atom is -0.496 e. The van der Waals surface area contributed by atoms with Crippen LogP contribution in [0.25, 0.3) is 0 Å². The highest BCUT2D eigenvalue weighted by molar-refractivity contribution is 5.82. The first kappa shape index (κ1) is 18.2. The SMILES string of the molecule is COc1ccccc1[C@H](CNC(=O)[C@@H]1C[C@H](O)CN1)N1CCCCC1. The van der Waals surface area contributed by atoms with Crippen molar-refractivity contribution in [2.24, 2.45) is 0 Å². The van der Waals surface area contributed by atoms with Crippen molar-refractivity contribution in [3.05, 3.63) is 29.8 Å². The summed E-state index contributed by atoms with van der Waals surface area (Å²) in [5.74, 6) is 0.829. The highest BCUT2D eigenvalue weighted by Gasteiger charge is 2.30. The highest BCUT2D eigenvalue weighted by atomic mass is 16.5. The second-order valence-electron chi connectivity index (χ2n) is 6.95. The Morgan fingerprint density at radius 3 is 2.80 bits per heavy atom. The van der Waals surface area contributed by atoms with E-state index in [1.54, 1.807) is 7.11 Å². The molecule has 3 N–H and O–H groups in total. The normalized spacial score (nSPS) is 25.5. The molecule has 138 valence electrons. The standard InChI is InChI=1S/C19H29N3O3/c1-25-18-8-4-3-7-15(18)17(22-9-5-2-6-10-22)13-21-19(24)16-11-14(23)12-20-16/h3-4,7-8,14,16-17,20,23H,2,5-6,9-13H2,1H3,(H,21,24)/t14-,16-,17-/m0/s1. The van der Waals surface area contributed by atoms with E-state index in [0.29, 0.717) is 19.5 Å². The fourth-order valence-electron chi connectivity index (χ4n) is 3.84. The molecular weight excluding hydrogens is 318 g/mol. The number of aliphatic hydroxyl groups excluding tert-OH is 1. The van der Waals surface area contributed by atoms with Gasteiger partial charge in [-0.2, -0.15) is 0 Å². The van der Waals surface area contributed by atoms with Crippen LogP contribution in [0.4, 0.5) is 0 Å². The number of rotatable bonds is 6. The number of hydrogen-bond acceptors (Lipinski definition) is 5. The Kier molecular flexibility index (Phi) is 6.29. The molecule has 0 bridgehead atoms. The number of aliphatic hydroxyl groups is 1. The molecule has 6 nitrogen and oxygen atoms in total. The second kappa shape index (κ2) is 8.65. The number of carbonyl (C=O) groups excluding carboxylic acids is 1. The molecule has 0 spiro atoms. The average Bonchev–Trinajstić information content (AvgIpc) is 3.09. The van der Waals surface area contributed by atoms with E-state index >= 15 is 0 Å². The number of piperidine rings is 1. The van der Waals surface area contributed by atoms with Gasteiger partial charge < -0.3 is 20.5 Å². The van der Waals surface area contributed by atoms with Crippen LogP contribution < -0.4 is 15.4 Å². The summed E-state index contributed by atoms with van der Waals surface area (Å²) < 4.78 is 5.55. The first-order chi connectivity index (χ1) is 12.2. The molecule has 25 heavy (non-hydrogen) atoms. The van der Waals surface area contributed by atoms with Crippen LogP contribution in [-0.2, 0) is 4.79 Å². The lowest BCUT2D eigenvalue weighted by molar-refractivity contribution is -0.123. The summed E-state index contributed by atoms with van der Waals surface area (Å²) in [5, 5.41) is 15.8. The molecule has 2 aliphatic rings. The Morgan fingerprint density at radius 1 is 1.36 bits per heavy atom. The zero-order valence-corrected chi connectivity index (χ0v) is 14.9. The minimum atomic E-state index is -0.428. The molecule has 2 saturated heterocycles. The van der Waals surface area contributed by atoms with Gasteiger partial charge in [-0.3, -0.25) is 9.69 Å². The zero-order valence-electron chi connectivity index (χ0n) is 14.9. The number of para-hydroxylation sites is 1. The summed E-state index contributed by atoms with van der Waals surface area (Å²) in [6.07, 6.45) is 3.70. The average molecular weight is 347 g/mol. The molecule has 3 rings (SSSR count). The lowest BCUT2D eigenvalue weighted by atomic mass is 10.0. The minimum absolute atomic E-state index is 0.0338. The third-order valence-electron chi connectivity index (χ3n) is 5.22. The predicted octanol–water partition coefficient (Wildman–Crippen LogP) is 1.06. The van der Waals surface area contributed by atoms with Gasteiger partial charge in [0.1, 0.15) is 5.75 Å². The summed E-state index contributed by atoms with van der Waals surface area (Å²) in [4.78, 5) is 14.9. The van der Waals surface area contributed by atoms with Crippen LogP contribution in [0.2, 0.25) is 0 Å². The van der Waals surface area contributed by atoms with Crippen molar-refractivity contribution in [3.63, 3.8) is 0 Å². The van der Waals surface area contributed by atoms with Crippen LogP contribution in [-0.4, -0.2) is 61.3 Å². The van der Waals surface area contributed by atoms with Gasteiger partial charge in [0.05, 0.1) is 25.3 Å². The maximum atomic E-state index is 12.4. The van der Waals surface area contributed by atoms with Gasteiger partial charge in [-0.25, -0.2) is 0 Å². The highest BCUT2D eigenvalue weighted by Crippen LogP contribution is 2.30. The van der Waals surface area contributed by atoms with Gasteiger partial charge in [0.2, 0.25) is 5.91 Å². The van der Waals surface area contributed by atoms with Gasteiger partial charge in [-0.15, -0.1) is 0 Å². The summed E-state index contributed by atoms with van der Waals surface area (Å²) in [6.45, 7) is 3.12. The van der Waals surface area contributed by atoms with E-state index in [-0.39, 0.29) is 18.0 Å². The number of benzene rings is 1. The molecule has 1 aromatic carbocycles. The molecule has 2 aliphatic heterocycles. The van der Waals surface area contributed by atoms with Crippen LogP contribution in [0.1, 0.15) is 37.3 Å². The molecule has 6 heteroatoms. The molecule has 0 radical (unpaired) electrons. The molecule has 0 aliphatic carbocycles. The van der Waals surface area contributed by atoms with Crippen LogP contribution in [0.5, 0.6) is 5.75 Å². The number of likely N-dealkylation sites (tertiary alicyclic amines) is 1. The van der Waals surface area contributed by atoms with Crippen LogP contribution >= 0.6 is 0 Å². The maximum absolute atomic E-state index is 12.4. The molecule has 0 saturated carbocycles. The Balaban J connectivity index is 1.71. The van der Waals surface area contributed by atoms with E-state index in [9.17, 15) is 9.90 Å². The topological polar surface area (TPSA) is 73.8 Å². The molecule has 1 amide bonds.